The maximum atomic E-state index is 4.16. The van der Waals surface area contributed by atoms with Crippen LogP contribution in [0.2, 0.25) is 0 Å². The fourth-order valence-electron chi connectivity index (χ4n) is 1.92. The van der Waals surface area contributed by atoms with Gasteiger partial charge in [0.2, 0.25) is 0 Å². The fourth-order valence-corrected chi connectivity index (χ4v) is 1.92. The molecule has 0 saturated heterocycles. The molecule has 3 heteroatoms. The van der Waals surface area contributed by atoms with E-state index >= 15 is 0 Å². The average molecular weight is 237 g/mol. The van der Waals surface area contributed by atoms with Gasteiger partial charge in [-0.3, -0.25) is 4.68 Å². The van der Waals surface area contributed by atoms with Crippen molar-refractivity contribution in [2.24, 2.45) is 5.41 Å². The highest BCUT2D eigenvalue weighted by molar-refractivity contribution is 4.91. The van der Waals surface area contributed by atoms with Crippen molar-refractivity contribution >= 4 is 0 Å². The van der Waals surface area contributed by atoms with Crippen molar-refractivity contribution in [1.29, 1.82) is 0 Å². The molecule has 0 radical (unpaired) electrons. The summed E-state index contributed by atoms with van der Waals surface area (Å²) in [6.45, 7) is 10.1. The molecule has 0 atom stereocenters. The van der Waals surface area contributed by atoms with Crippen LogP contribution in [0.15, 0.2) is 6.20 Å². The van der Waals surface area contributed by atoms with E-state index in [4.69, 9.17) is 0 Å². The van der Waals surface area contributed by atoms with Gasteiger partial charge in [0.1, 0.15) is 0 Å². The van der Waals surface area contributed by atoms with Gasteiger partial charge in [-0.15, -0.1) is 5.10 Å². The van der Waals surface area contributed by atoms with E-state index in [1.807, 2.05) is 4.68 Å². The molecule has 0 spiro atoms. The largest absolute Gasteiger partial charge is 0.252 e. The Hall–Kier alpha value is -0.860. The molecule has 98 valence electrons. The summed E-state index contributed by atoms with van der Waals surface area (Å²) in [6.07, 6.45) is 9.41. The van der Waals surface area contributed by atoms with Crippen molar-refractivity contribution in [1.82, 2.24) is 15.0 Å². The van der Waals surface area contributed by atoms with Crippen LogP contribution in [0.3, 0.4) is 0 Å². The lowest BCUT2D eigenvalue weighted by molar-refractivity contribution is 0.354. The van der Waals surface area contributed by atoms with Crippen molar-refractivity contribution < 1.29 is 0 Å². The summed E-state index contributed by atoms with van der Waals surface area (Å²) in [5.41, 5.74) is 1.60. The fraction of sp³-hybridized carbons (Fsp3) is 0.857. The third-order valence-corrected chi connectivity index (χ3v) is 2.91. The van der Waals surface area contributed by atoms with Crippen molar-refractivity contribution in [2.75, 3.05) is 0 Å². The quantitative estimate of drug-likeness (QED) is 0.675. The summed E-state index contributed by atoms with van der Waals surface area (Å²) < 4.78 is 1.99. The van der Waals surface area contributed by atoms with E-state index in [0.29, 0.717) is 5.41 Å². The minimum absolute atomic E-state index is 0.474. The molecular formula is C14H27N3. The summed E-state index contributed by atoms with van der Waals surface area (Å²) in [5, 5.41) is 8.30. The zero-order chi connectivity index (χ0) is 12.7. The summed E-state index contributed by atoms with van der Waals surface area (Å²) in [5.74, 6) is 0. The topological polar surface area (TPSA) is 30.7 Å². The van der Waals surface area contributed by atoms with Gasteiger partial charge >= 0.3 is 0 Å². The van der Waals surface area contributed by atoms with Crippen LogP contribution in [0.25, 0.3) is 0 Å². The second-order valence-corrected chi connectivity index (χ2v) is 6.09. The predicted molar refractivity (Wildman–Crippen MR) is 71.9 cm³/mol. The van der Waals surface area contributed by atoms with Gasteiger partial charge in [-0.1, -0.05) is 52.2 Å². The van der Waals surface area contributed by atoms with Gasteiger partial charge in [-0.2, -0.15) is 0 Å². The smallest absolute Gasteiger partial charge is 0.0827 e. The SMILES string of the molecule is CCCc1cn(CCCCCC(C)(C)C)nn1. The number of aryl methyl sites for hydroxylation is 2. The maximum Gasteiger partial charge on any atom is 0.0827 e. The van der Waals surface area contributed by atoms with Gasteiger partial charge in [-0.25, -0.2) is 0 Å². The van der Waals surface area contributed by atoms with E-state index in [0.717, 1.165) is 25.1 Å². The van der Waals surface area contributed by atoms with Crippen LogP contribution in [-0.2, 0) is 13.0 Å². The third-order valence-electron chi connectivity index (χ3n) is 2.91. The molecule has 0 aliphatic carbocycles. The number of unbranched alkanes of at least 4 members (excludes halogenated alkanes) is 2. The van der Waals surface area contributed by atoms with Crippen LogP contribution < -0.4 is 0 Å². The lowest BCUT2D eigenvalue weighted by atomic mass is 9.89. The summed E-state index contributed by atoms with van der Waals surface area (Å²) in [4.78, 5) is 0. The van der Waals surface area contributed by atoms with Gasteiger partial charge in [0, 0.05) is 12.7 Å². The number of hydrogen-bond donors (Lipinski definition) is 0. The number of hydrogen-bond acceptors (Lipinski definition) is 2. The van der Waals surface area contributed by atoms with E-state index in [2.05, 4.69) is 44.2 Å². The minimum Gasteiger partial charge on any atom is -0.252 e. The molecule has 0 fully saturated rings. The molecule has 17 heavy (non-hydrogen) atoms. The molecule has 0 unspecified atom stereocenters. The maximum absolute atomic E-state index is 4.16. The molecule has 0 aromatic carbocycles. The first-order valence-corrected chi connectivity index (χ1v) is 6.90. The molecule has 0 aliphatic rings. The van der Waals surface area contributed by atoms with E-state index in [1.54, 1.807) is 0 Å². The molecular weight excluding hydrogens is 210 g/mol. The van der Waals surface area contributed by atoms with Gasteiger partial charge in [0.25, 0.3) is 0 Å². The molecule has 1 rings (SSSR count). The minimum atomic E-state index is 0.474. The summed E-state index contributed by atoms with van der Waals surface area (Å²) in [6, 6.07) is 0. The highest BCUT2D eigenvalue weighted by atomic mass is 15.4. The van der Waals surface area contributed by atoms with Crippen LogP contribution in [0.4, 0.5) is 0 Å². The van der Waals surface area contributed by atoms with Crippen LogP contribution in [-0.4, -0.2) is 15.0 Å². The second kappa shape index (κ2) is 6.77. The van der Waals surface area contributed by atoms with Gasteiger partial charge in [-0.05, 0) is 24.7 Å². The molecule has 1 aromatic heterocycles. The van der Waals surface area contributed by atoms with Gasteiger partial charge in [0.15, 0.2) is 0 Å². The van der Waals surface area contributed by atoms with Gasteiger partial charge in [0.05, 0.1) is 5.69 Å². The van der Waals surface area contributed by atoms with Crippen LogP contribution in [0, 0.1) is 5.41 Å². The van der Waals surface area contributed by atoms with Crippen molar-refractivity contribution in [3.63, 3.8) is 0 Å². The first-order chi connectivity index (χ1) is 8.01. The molecule has 0 saturated carbocycles. The Morgan fingerprint density at radius 3 is 2.59 bits per heavy atom. The number of rotatable bonds is 7. The molecule has 1 heterocycles. The Morgan fingerprint density at radius 1 is 1.18 bits per heavy atom. The summed E-state index contributed by atoms with van der Waals surface area (Å²) >= 11 is 0. The van der Waals surface area contributed by atoms with E-state index in [1.165, 1.54) is 25.7 Å². The van der Waals surface area contributed by atoms with Crippen LogP contribution in [0.5, 0.6) is 0 Å². The molecule has 0 N–H and O–H groups in total. The van der Waals surface area contributed by atoms with E-state index < -0.39 is 0 Å². The van der Waals surface area contributed by atoms with E-state index in [-0.39, 0.29) is 0 Å². The van der Waals surface area contributed by atoms with Gasteiger partial charge < -0.3 is 0 Å². The van der Waals surface area contributed by atoms with Crippen molar-refractivity contribution in [3.8, 4) is 0 Å². The highest BCUT2D eigenvalue weighted by Gasteiger charge is 2.08. The molecule has 0 aliphatic heterocycles. The second-order valence-electron chi connectivity index (χ2n) is 6.09. The lowest BCUT2D eigenvalue weighted by Crippen LogP contribution is -2.05. The Balaban J connectivity index is 2.13. The Bertz CT molecular complexity index is 310. The standard InChI is InChI=1S/C14H27N3/c1-5-9-13-12-17(16-15-13)11-8-6-7-10-14(2,3)4/h12H,5-11H2,1-4H3. The normalized spacial score (nSPS) is 12.0. The molecule has 0 bridgehead atoms. The van der Waals surface area contributed by atoms with E-state index in [9.17, 15) is 0 Å². The Kier molecular flexibility index (Phi) is 5.66. The average Bonchev–Trinajstić information content (AvgIpc) is 2.64. The number of nitrogens with zero attached hydrogens (tertiary/aromatic N) is 3. The monoisotopic (exact) mass is 237 g/mol. The zero-order valence-corrected chi connectivity index (χ0v) is 11.9. The van der Waals surface area contributed by atoms with Crippen molar-refractivity contribution in [2.45, 2.75) is 72.8 Å². The molecule has 0 amide bonds. The van der Waals surface area contributed by atoms with Crippen molar-refractivity contribution in [3.05, 3.63) is 11.9 Å². The van der Waals surface area contributed by atoms with Crippen LogP contribution >= 0.6 is 0 Å². The Labute approximate surface area is 106 Å². The number of aromatic nitrogens is 3. The molecule has 1 aromatic rings. The predicted octanol–water partition coefficient (Wildman–Crippen LogP) is 3.84. The third kappa shape index (κ3) is 6.44. The molecule has 3 nitrogen and oxygen atoms in total. The van der Waals surface area contributed by atoms with Crippen LogP contribution in [0.1, 0.15) is 65.5 Å². The highest BCUT2D eigenvalue weighted by Crippen LogP contribution is 2.22. The first-order valence-electron chi connectivity index (χ1n) is 6.90. The Morgan fingerprint density at radius 2 is 1.94 bits per heavy atom. The summed E-state index contributed by atoms with van der Waals surface area (Å²) in [7, 11) is 0. The first kappa shape index (κ1) is 14.2. The lowest BCUT2D eigenvalue weighted by Gasteiger charge is -2.17. The zero-order valence-electron chi connectivity index (χ0n) is 11.9.